The van der Waals surface area contributed by atoms with Crippen LogP contribution in [0.1, 0.15) is 17.3 Å². The quantitative estimate of drug-likeness (QED) is 0.493. The molecule has 8 nitrogen and oxygen atoms in total. The van der Waals surface area contributed by atoms with Crippen LogP contribution in [0, 0.1) is 5.82 Å². The zero-order valence-electron chi connectivity index (χ0n) is 16.6. The molecule has 0 aliphatic carbocycles. The van der Waals surface area contributed by atoms with Crippen LogP contribution in [0.2, 0.25) is 0 Å². The third-order valence-corrected chi connectivity index (χ3v) is 4.83. The molecule has 30 heavy (non-hydrogen) atoms. The lowest BCUT2D eigenvalue weighted by Gasteiger charge is -2.25. The lowest BCUT2D eigenvalue weighted by atomic mass is 10.1. The Labute approximate surface area is 172 Å². The second kappa shape index (κ2) is 8.24. The predicted molar refractivity (Wildman–Crippen MR) is 108 cm³/mol. The Hall–Kier alpha value is -3.88. The Balaban J connectivity index is 1.49. The summed E-state index contributed by atoms with van der Waals surface area (Å²) in [7, 11) is 1.76. The Morgan fingerprint density at radius 2 is 1.87 bits per heavy atom. The van der Waals surface area contributed by atoms with E-state index in [4.69, 9.17) is 0 Å². The summed E-state index contributed by atoms with van der Waals surface area (Å²) >= 11 is 0. The number of likely N-dealkylation sites (N-methyl/N-ethyl adjacent to an activating group) is 1. The average Bonchev–Trinajstić information content (AvgIpc) is 3.45. The Morgan fingerprint density at radius 1 is 1.10 bits per heavy atom. The van der Waals surface area contributed by atoms with Crippen molar-refractivity contribution in [1.82, 2.24) is 34.7 Å². The average molecular weight is 405 g/mol. The third kappa shape index (κ3) is 3.95. The number of amides is 1. The molecule has 1 amide bonds. The smallest absolute Gasteiger partial charge is 0.256 e. The van der Waals surface area contributed by atoms with Gasteiger partial charge in [0.05, 0.1) is 42.1 Å². The monoisotopic (exact) mass is 405 g/mol. The van der Waals surface area contributed by atoms with Gasteiger partial charge in [0.1, 0.15) is 11.5 Å². The number of rotatable bonds is 6. The second-order valence-corrected chi connectivity index (χ2v) is 6.89. The SMILES string of the molecule is C[C@@H](Cn1ccc(-c2ccc(F)cn2)n1)N(C)C(=O)c1ccccc1-n1nccn1. The number of hydrogen-bond donors (Lipinski definition) is 0. The summed E-state index contributed by atoms with van der Waals surface area (Å²) in [6.07, 6.45) is 6.11. The summed E-state index contributed by atoms with van der Waals surface area (Å²) in [5.74, 6) is -0.527. The minimum atomic E-state index is -0.391. The zero-order chi connectivity index (χ0) is 21.1. The minimum absolute atomic E-state index is 0.134. The van der Waals surface area contributed by atoms with E-state index in [-0.39, 0.29) is 11.9 Å². The molecule has 1 atom stereocenters. The van der Waals surface area contributed by atoms with Gasteiger partial charge >= 0.3 is 0 Å². The largest absolute Gasteiger partial charge is 0.337 e. The molecule has 4 rings (SSSR count). The van der Waals surface area contributed by atoms with Crippen molar-refractivity contribution in [2.45, 2.75) is 19.5 Å². The van der Waals surface area contributed by atoms with E-state index in [1.807, 2.05) is 31.3 Å². The standard InChI is InChI=1S/C21H20FN7O/c1-15(14-28-12-9-19(26-28)18-8-7-16(22)13-23-18)27(2)21(30)17-5-3-4-6-20(17)29-24-10-11-25-29/h3-13,15H,14H2,1-2H3/t15-/m0/s1. The van der Waals surface area contributed by atoms with Gasteiger partial charge in [0.2, 0.25) is 0 Å². The van der Waals surface area contributed by atoms with Crippen LogP contribution in [0.25, 0.3) is 17.1 Å². The fourth-order valence-corrected chi connectivity index (χ4v) is 3.08. The topological polar surface area (TPSA) is 81.7 Å². The minimum Gasteiger partial charge on any atom is -0.337 e. The van der Waals surface area contributed by atoms with Crippen molar-refractivity contribution >= 4 is 5.91 Å². The number of carbonyl (C=O) groups excluding carboxylic acids is 1. The molecule has 4 aromatic rings. The van der Waals surface area contributed by atoms with Crippen LogP contribution in [0.3, 0.4) is 0 Å². The van der Waals surface area contributed by atoms with E-state index < -0.39 is 5.82 Å². The van der Waals surface area contributed by atoms with Crippen LogP contribution < -0.4 is 0 Å². The molecule has 0 aliphatic rings. The molecule has 0 bridgehead atoms. The molecule has 0 radical (unpaired) electrons. The molecule has 0 N–H and O–H groups in total. The van der Waals surface area contributed by atoms with Crippen molar-refractivity contribution in [2.24, 2.45) is 0 Å². The number of nitrogens with zero attached hydrogens (tertiary/aromatic N) is 7. The van der Waals surface area contributed by atoms with Gasteiger partial charge in [-0.1, -0.05) is 12.1 Å². The number of halogens is 1. The molecule has 0 saturated carbocycles. The van der Waals surface area contributed by atoms with Gasteiger partial charge in [-0.15, -0.1) is 0 Å². The van der Waals surface area contributed by atoms with Crippen LogP contribution >= 0.6 is 0 Å². The molecule has 9 heteroatoms. The highest BCUT2D eigenvalue weighted by molar-refractivity contribution is 5.97. The highest BCUT2D eigenvalue weighted by atomic mass is 19.1. The first-order valence-corrected chi connectivity index (χ1v) is 9.41. The van der Waals surface area contributed by atoms with Gasteiger partial charge in [-0.2, -0.15) is 20.1 Å². The van der Waals surface area contributed by atoms with Crippen LogP contribution in [-0.2, 0) is 6.54 Å². The number of pyridine rings is 1. The first-order chi connectivity index (χ1) is 14.5. The van der Waals surface area contributed by atoms with E-state index in [0.29, 0.717) is 29.2 Å². The number of aromatic nitrogens is 6. The first kappa shape index (κ1) is 19.4. The van der Waals surface area contributed by atoms with E-state index in [1.54, 1.807) is 47.2 Å². The molecule has 3 heterocycles. The molecular weight excluding hydrogens is 385 g/mol. The van der Waals surface area contributed by atoms with Crippen molar-refractivity contribution < 1.29 is 9.18 Å². The summed E-state index contributed by atoms with van der Waals surface area (Å²) in [5.41, 5.74) is 2.37. The Bertz CT molecular complexity index is 1140. The lowest BCUT2D eigenvalue weighted by molar-refractivity contribution is 0.0727. The summed E-state index contributed by atoms with van der Waals surface area (Å²) in [5, 5.41) is 12.8. The molecule has 0 saturated heterocycles. The fraction of sp³-hybridized carbons (Fsp3) is 0.190. The molecule has 0 fully saturated rings. The maximum Gasteiger partial charge on any atom is 0.256 e. The molecule has 3 aromatic heterocycles. The summed E-state index contributed by atoms with van der Waals surface area (Å²) in [4.78, 5) is 20.3. The van der Waals surface area contributed by atoms with E-state index in [2.05, 4.69) is 20.3 Å². The molecule has 0 spiro atoms. The fourth-order valence-electron chi connectivity index (χ4n) is 3.08. The van der Waals surface area contributed by atoms with Gasteiger partial charge in [0.25, 0.3) is 5.91 Å². The Kier molecular flexibility index (Phi) is 5.34. The maximum absolute atomic E-state index is 13.1. The van der Waals surface area contributed by atoms with Gasteiger partial charge < -0.3 is 4.90 Å². The number of para-hydroxylation sites is 1. The molecule has 1 aromatic carbocycles. The molecule has 0 aliphatic heterocycles. The van der Waals surface area contributed by atoms with Crippen molar-refractivity contribution in [3.8, 4) is 17.1 Å². The van der Waals surface area contributed by atoms with Crippen LogP contribution in [0.15, 0.2) is 67.3 Å². The van der Waals surface area contributed by atoms with Crippen molar-refractivity contribution in [1.29, 1.82) is 0 Å². The molecule has 0 unspecified atom stereocenters. The normalized spacial score (nSPS) is 12.0. The van der Waals surface area contributed by atoms with Gasteiger partial charge in [0.15, 0.2) is 0 Å². The van der Waals surface area contributed by atoms with E-state index in [0.717, 1.165) is 6.20 Å². The highest BCUT2D eigenvalue weighted by Crippen LogP contribution is 2.17. The van der Waals surface area contributed by atoms with E-state index in [1.165, 1.54) is 10.9 Å². The number of hydrogen-bond acceptors (Lipinski definition) is 5. The zero-order valence-corrected chi connectivity index (χ0v) is 16.6. The highest BCUT2D eigenvalue weighted by Gasteiger charge is 2.22. The number of benzene rings is 1. The summed E-state index contributed by atoms with van der Waals surface area (Å²) in [6.45, 7) is 2.44. The van der Waals surface area contributed by atoms with Crippen LogP contribution in [-0.4, -0.2) is 53.7 Å². The van der Waals surface area contributed by atoms with Gasteiger partial charge in [-0.05, 0) is 37.3 Å². The maximum atomic E-state index is 13.1. The predicted octanol–water partition coefficient (Wildman–Crippen LogP) is 2.83. The van der Waals surface area contributed by atoms with Gasteiger partial charge in [-0.3, -0.25) is 14.5 Å². The van der Waals surface area contributed by atoms with Crippen molar-refractivity contribution in [2.75, 3.05) is 7.05 Å². The molecular formula is C21H20FN7O. The summed E-state index contributed by atoms with van der Waals surface area (Å²) in [6, 6.07) is 11.8. The van der Waals surface area contributed by atoms with Gasteiger partial charge in [0, 0.05) is 19.3 Å². The van der Waals surface area contributed by atoms with Crippen LogP contribution in [0.4, 0.5) is 4.39 Å². The summed E-state index contributed by atoms with van der Waals surface area (Å²) < 4.78 is 14.8. The first-order valence-electron chi connectivity index (χ1n) is 9.41. The van der Waals surface area contributed by atoms with Crippen molar-refractivity contribution in [3.63, 3.8) is 0 Å². The third-order valence-electron chi connectivity index (χ3n) is 4.83. The van der Waals surface area contributed by atoms with Crippen molar-refractivity contribution in [3.05, 3.63) is 78.6 Å². The van der Waals surface area contributed by atoms with Crippen LogP contribution in [0.5, 0.6) is 0 Å². The van der Waals surface area contributed by atoms with Gasteiger partial charge in [-0.25, -0.2) is 4.39 Å². The second-order valence-electron chi connectivity index (χ2n) is 6.89. The molecule has 152 valence electrons. The number of carbonyl (C=O) groups is 1. The lowest BCUT2D eigenvalue weighted by Crippen LogP contribution is -2.38. The Morgan fingerprint density at radius 3 is 2.60 bits per heavy atom. The van der Waals surface area contributed by atoms with E-state index in [9.17, 15) is 9.18 Å². The van der Waals surface area contributed by atoms with E-state index >= 15 is 0 Å².